The lowest BCUT2D eigenvalue weighted by Crippen LogP contribution is -2.67. The Morgan fingerprint density at radius 1 is 0.837 bits per heavy atom. The van der Waals surface area contributed by atoms with Gasteiger partial charge in [-0.1, -0.05) is 46.3 Å². The number of allylic oxidation sites excluding steroid dienone is 2. The van der Waals surface area contributed by atoms with E-state index in [0.29, 0.717) is 32.1 Å². The van der Waals surface area contributed by atoms with E-state index >= 15 is 0 Å². The largest absolute Gasteiger partial charge is 0.481 e. The molecule has 0 aromatic heterocycles. The number of ether oxygens (including phenoxy) is 3. The third-order valence-corrected chi connectivity index (χ3v) is 14.0. The third-order valence-electron chi connectivity index (χ3n) is 14.0. The normalized spacial score (nSPS) is 46.4. The standard InChI is InChI=1S/C35H52O8/c1-20(36)42-24-19-32(6)25(30(3,4)27(24)43-21(2)37)12-13-34(8)26(32)11-10-22-23-18-31(5,28(38)39)14-16-35(23,29(40)41-9)17-15-33(22,34)7/h10,23-27H,11-19H2,1-9H3,(H,38,39)/t23-,24-,25-,26+,27-,31-,32-,33+,34+,35-/m0/s1. The number of carbonyl (C=O) groups excluding carboxylic acids is 3. The summed E-state index contributed by atoms with van der Waals surface area (Å²) in [7, 11) is 1.45. The average molecular weight is 601 g/mol. The molecule has 0 unspecified atom stereocenters. The number of methoxy groups -OCH3 is 1. The van der Waals surface area contributed by atoms with Crippen molar-refractivity contribution in [1.82, 2.24) is 0 Å². The number of esters is 3. The van der Waals surface area contributed by atoms with E-state index in [2.05, 4.69) is 40.7 Å². The fourth-order valence-electron chi connectivity index (χ4n) is 11.7. The second kappa shape index (κ2) is 10.1. The van der Waals surface area contributed by atoms with Crippen LogP contribution in [-0.2, 0) is 33.4 Å². The van der Waals surface area contributed by atoms with Crippen molar-refractivity contribution in [3.63, 3.8) is 0 Å². The maximum atomic E-state index is 13.5. The molecule has 5 aliphatic carbocycles. The quantitative estimate of drug-likeness (QED) is 0.221. The molecular weight excluding hydrogens is 548 g/mol. The third kappa shape index (κ3) is 4.34. The summed E-state index contributed by atoms with van der Waals surface area (Å²) in [5.41, 5.74) is -1.28. The van der Waals surface area contributed by atoms with Gasteiger partial charge < -0.3 is 19.3 Å². The Kier molecular flexibility index (Phi) is 7.50. The molecule has 4 saturated carbocycles. The van der Waals surface area contributed by atoms with Crippen LogP contribution in [0.1, 0.15) is 113 Å². The highest BCUT2D eigenvalue weighted by molar-refractivity contribution is 5.80. The van der Waals surface area contributed by atoms with Crippen molar-refractivity contribution in [3.05, 3.63) is 11.6 Å². The molecule has 0 amide bonds. The smallest absolute Gasteiger partial charge is 0.312 e. The molecule has 0 radical (unpaired) electrons. The molecule has 1 N–H and O–H groups in total. The van der Waals surface area contributed by atoms with Gasteiger partial charge >= 0.3 is 23.9 Å². The van der Waals surface area contributed by atoms with E-state index in [4.69, 9.17) is 14.2 Å². The molecule has 8 nitrogen and oxygen atoms in total. The van der Waals surface area contributed by atoms with E-state index in [1.54, 1.807) is 0 Å². The predicted octanol–water partition coefficient (Wildman–Crippen LogP) is 6.50. The van der Waals surface area contributed by atoms with Crippen LogP contribution in [0, 0.1) is 50.2 Å². The maximum Gasteiger partial charge on any atom is 0.312 e. The topological polar surface area (TPSA) is 116 Å². The molecule has 8 heteroatoms. The van der Waals surface area contributed by atoms with E-state index in [9.17, 15) is 24.3 Å². The van der Waals surface area contributed by atoms with Crippen molar-refractivity contribution < 1.29 is 38.5 Å². The van der Waals surface area contributed by atoms with E-state index in [0.717, 1.165) is 25.7 Å². The van der Waals surface area contributed by atoms with Gasteiger partial charge in [0.2, 0.25) is 0 Å². The second-order valence-electron chi connectivity index (χ2n) is 16.3. The molecular formula is C35H52O8. The van der Waals surface area contributed by atoms with Gasteiger partial charge in [0.15, 0.2) is 0 Å². The zero-order valence-corrected chi connectivity index (χ0v) is 27.6. The molecule has 0 spiro atoms. The molecule has 0 saturated heterocycles. The van der Waals surface area contributed by atoms with Crippen molar-refractivity contribution in [3.8, 4) is 0 Å². The number of fused-ring (bicyclic) bond motifs is 7. The SMILES string of the molecule is COC(=O)[C@]12CC[C@](C)(C(=O)O)C[C@H]1C1=CC[C@@H]3[C@@]4(C)C[C@H](OC(C)=O)[C@H](OC(C)=O)C(C)(C)[C@@H]4CC[C@@]3(C)[C@]1(C)CC2. The minimum atomic E-state index is -0.890. The minimum Gasteiger partial charge on any atom is -0.481 e. The fraction of sp³-hybridized carbons (Fsp3) is 0.829. The maximum absolute atomic E-state index is 13.5. The van der Waals surface area contributed by atoms with Crippen molar-refractivity contribution in [2.75, 3.05) is 7.11 Å². The van der Waals surface area contributed by atoms with E-state index in [1.807, 2.05) is 6.92 Å². The highest BCUT2D eigenvalue weighted by Gasteiger charge is 2.71. The molecule has 10 atom stereocenters. The fourth-order valence-corrected chi connectivity index (χ4v) is 11.7. The summed E-state index contributed by atoms with van der Waals surface area (Å²) in [4.78, 5) is 50.5. The lowest BCUT2D eigenvalue weighted by atomic mass is 9.33. The summed E-state index contributed by atoms with van der Waals surface area (Å²) < 4.78 is 17.3. The zero-order chi connectivity index (χ0) is 32.0. The number of hydrogen-bond acceptors (Lipinski definition) is 7. The molecule has 5 rings (SSSR count). The van der Waals surface area contributed by atoms with Crippen molar-refractivity contribution in [2.45, 2.75) is 125 Å². The number of aliphatic carboxylic acids is 1. The summed E-state index contributed by atoms with van der Waals surface area (Å²) >= 11 is 0. The van der Waals surface area contributed by atoms with Crippen LogP contribution in [0.4, 0.5) is 0 Å². The van der Waals surface area contributed by atoms with Gasteiger partial charge in [0, 0.05) is 19.3 Å². The first-order chi connectivity index (χ1) is 19.8. The Labute approximate surface area is 256 Å². The predicted molar refractivity (Wildman–Crippen MR) is 160 cm³/mol. The average Bonchev–Trinajstić information content (AvgIpc) is 2.90. The van der Waals surface area contributed by atoms with Gasteiger partial charge in [-0.15, -0.1) is 0 Å². The van der Waals surface area contributed by atoms with Gasteiger partial charge in [0.1, 0.15) is 12.2 Å². The van der Waals surface area contributed by atoms with Gasteiger partial charge in [-0.2, -0.15) is 0 Å². The number of carboxylic acid groups (broad SMARTS) is 1. The molecule has 240 valence electrons. The summed E-state index contributed by atoms with van der Waals surface area (Å²) in [6.45, 7) is 16.1. The number of hydrogen-bond donors (Lipinski definition) is 1. The zero-order valence-electron chi connectivity index (χ0n) is 27.6. The van der Waals surface area contributed by atoms with Gasteiger partial charge in [-0.05, 0) is 98.7 Å². The van der Waals surface area contributed by atoms with Crippen LogP contribution in [0.2, 0.25) is 0 Å². The van der Waals surface area contributed by atoms with Crippen LogP contribution in [-0.4, -0.2) is 48.3 Å². The Hall–Kier alpha value is -2.38. The molecule has 0 aliphatic heterocycles. The van der Waals surface area contributed by atoms with Crippen molar-refractivity contribution >= 4 is 23.9 Å². The Morgan fingerprint density at radius 3 is 2.05 bits per heavy atom. The first kappa shape index (κ1) is 32.0. The van der Waals surface area contributed by atoms with Crippen LogP contribution >= 0.6 is 0 Å². The van der Waals surface area contributed by atoms with Crippen LogP contribution in [0.15, 0.2) is 11.6 Å². The molecule has 0 bridgehead atoms. The van der Waals surface area contributed by atoms with Crippen LogP contribution in [0.3, 0.4) is 0 Å². The summed E-state index contributed by atoms with van der Waals surface area (Å²) in [6.07, 6.45) is 7.62. The molecule has 0 aromatic carbocycles. The van der Waals surface area contributed by atoms with Gasteiger partial charge in [0.25, 0.3) is 0 Å². The lowest BCUT2D eigenvalue weighted by Gasteiger charge is -2.71. The lowest BCUT2D eigenvalue weighted by molar-refractivity contribution is -0.244. The summed E-state index contributed by atoms with van der Waals surface area (Å²) in [6, 6.07) is 0. The van der Waals surface area contributed by atoms with Gasteiger partial charge in [-0.25, -0.2) is 0 Å². The highest BCUT2D eigenvalue weighted by Crippen LogP contribution is 2.76. The van der Waals surface area contributed by atoms with E-state index in [-0.39, 0.29) is 51.9 Å². The summed E-state index contributed by atoms with van der Waals surface area (Å²) in [5, 5.41) is 10.2. The number of carbonyl (C=O) groups is 4. The Bertz CT molecular complexity index is 1250. The van der Waals surface area contributed by atoms with Crippen LogP contribution < -0.4 is 0 Å². The molecule has 5 aliphatic rings. The first-order valence-electron chi connectivity index (χ1n) is 16.2. The first-order valence-corrected chi connectivity index (χ1v) is 16.2. The molecule has 0 heterocycles. The number of rotatable bonds is 4. The minimum absolute atomic E-state index is 0.118. The van der Waals surface area contributed by atoms with E-state index < -0.39 is 34.4 Å². The molecule has 4 fully saturated rings. The monoisotopic (exact) mass is 600 g/mol. The summed E-state index contributed by atoms with van der Waals surface area (Å²) in [5.74, 6) is -1.41. The van der Waals surface area contributed by atoms with Crippen LogP contribution in [0.5, 0.6) is 0 Å². The Balaban J connectivity index is 1.60. The number of carboxylic acids is 1. The highest BCUT2D eigenvalue weighted by atomic mass is 16.6. The van der Waals surface area contributed by atoms with E-state index in [1.165, 1.54) is 26.5 Å². The van der Waals surface area contributed by atoms with Gasteiger partial charge in [0.05, 0.1) is 17.9 Å². The van der Waals surface area contributed by atoms with Gasteiger partial charge in [-0.3, -0.25) is 19.2 Å². The van der Waals surface area contributed by atoms with Crippen molar-refractivity contribution in [1.29, 1.82) is 0 Å². The second-order valence-corrected chi connectivity index (χ2v) is 16.3. The van der Waals surface area contributed by atoms with Crippen molar-refractivity contribution in [2.24, 2.45) is 50.2 Å². The van der Waals surface area contributed by atoms with Crippen LogP contribution in [0.25, 0.3) is 0 Å². The Morgan fingerprint density at radius 2 is 1.47 bits per heavy atom. The molecule has 43 heavy (non-hydrogen) atoms. The molecule has 0 aromatic rings.